The third-order valence-electron chi connectivity index (χ3n) is 4.93. The van der Waals surface area contributed by atoms with Crippen molar-refractivity contribution in [3.8, 4) is 0 Å². The Balaban J connectivity index is 2.11. The van der Waals surface area contributed by atoms with E-state index in [1.165, 1.54) is 0 Å². The number of carbonyl (C=O) groups is 5. The number of nitrogens with one attached hydrogen (secondary N) is 3. The van der Waals surface area contributed by atoms with Crippen LogP contribution >= 0.6 is 0 Å². The summed E-state index contributed by atoms with van der Waals surface area (Å²) in [5, 5.41) is 7.61. The van der Waals surface area contributed by atoms with Crippen LogP contribution in [0.25, 0.3) is 0 Å². The Kier molecular flexibility index (Phi) is 9.11. The predicted octanol–water partition coefficient (Wildman–Crippen LogP) is -0.212. The molecule has 5 N–H and O–H groups in total. The number of hydrogen-bond acceptors (Lipinski definition) is 7. The molecule has 11 nitrogen and oxygen atoms in total. The molecular weight excluding hydrogens is 418 g/mol. The molecule has 0 spiro atoms. The number of nitrogens with zero attached hydrogens (tertiary/aromatic N) is 1. The van der Waals surface area contributed by atoms with Gasteiger partial charge in [0.1, 0.15) is 0 Å². The molecule has 2 rings (SSSR count). The summed E-state index contributed by atoms with van der Waals surface area (Å²) in [6.45, 7) is 4.12. The van der Waals surface area contributed by atoms with Crippen molar-refractivity contribution in [1.29, 1.82) is 0 Å². The molecule has 32 heavy (non-hydrogen) atoms. The highest BCUT2D eigenvalue weighted by molar-refractivity contribution is 6.38. The molecule has 0 radical (unpaired) electrons. The molecule has 0 saturated carbocycles. The van der Waals surface area contributed by atoms with E-state index >= 15 is 0 Å². The number of carbonyl (C=O) groups excluding carboxylic acids is 5. The summed E-state index contributed by atoms with van der Waals surface area (Å²) in [5.41, 5.74) is 5.61. The van der Waals surface area contributed by atoms with E-state index in [1.807, 2.05) is 13.8 Å². The van der Waals surface area contributed by atoms with Crippen LogP contribution in [0.3, 0.4) is 0 Å². The first-order valence-corrected chi connectivity index (χ1v) is 10.4. The van der Waals surface area contributed by atoms with Crippen molar-refractivity contribution < 1.29 is 28.7 Å². The Bertz CT molecular complexity index is 844. The lowest BCUT2D eigenvalue weighted by Crippen LogP contribution is -2.52. The fraction of sp³-hybridized carbons (Fsp3) is 0.524. The minimum absolute atomic E-state index is 0.0125. The minimum atomic E-state index is -1.27. The third-order valence-corrected chi connectivity index (χ3v) is 4.93. The van der Waals surface area contributed by atoms with Crippen molar-refractivity contribution in [3.05, 3.63) is 30.1 Å². The molecular formula is C21H29N5O6. The first kappa shape index (κ1) is 24.8. The van der Waals surface area contributed by atoms with E-state index in [9.17, 15) is 24.0 Å². The Morgan fingerprint density at radius 1 is 1.28 bits per heavy atom. The van der Waals surface area contributed by atoms with E-state index in [2.05, 4.69) is 20.9 Å². The van der Waals surface area contributed by atoms with Crippen molar-refractivity contribution in [2.24, 2.45) is 17.6 Å². The number of aromatic nitrogens is 1. The second-order valence-corrected chi connectivity index (χ2v) is 8.00. The number of hydrogen-bond donors (Lipinski definition) is 4. The van der Waals surface area contributed by atoms with Crippen LogP contribution in [0.2, 0.25) is 0 Å². The van der Waals surface area contributed by atoms with Gasteiger partial charge in [0, 0.05) is 18.7 Å². The lowest BCUT2D eigenvalue weighted by molar-refractivity contribution is -0.142. The zero-order valence-electron chi connectivity index (χ0n) is 18.1. The van der Waals surface area contributed by atoms with Gasteiger partial charge in [0.25, 0.3) is 11.8 Å². The fourth-order valence-electron chi connectivity index (χ4n) is 3.35. The van der Waals surface area contributed by atoms with Crippen LogP contribution in [-0.2, 0) is 30.5 Å². The molecule has 11 heteroatoms. The number of ether oxygens (including phenoxy) is 1. The molecule has 1 aliphatic rings. The second kappa shape index (κ2) is 11.8. The first-order valence-electron chi connectivity index (χ1n) is 10.4. The van der Waals surface area contributed by atoms with Gasteiger partial charge in [0.15, 0.2) is 6.10 Å². The van der Waals surface area contributed by atoms with Crippen LogP contribution in [0.1, 0.15) is 38.8 Å². The fourth-order valence-corrected chi connectivity index (χ4v) is 3.35. The molecule has 1 saturated heterocycles. The molecule has 1 fully saturated rings. The lowest BCUT2D eigenvalue weighted by Gasteiger charge is -2.23. The van der Waals surface area contributed by atoms with E-state index < -0.39 is 41.8 Å². The van der Waals surface area contributed by atoms with Crippen molar-refractivity contribution in [2.75, 3.05) is 6.54 Å². The normalized spacial score (nSPS) is 17.2. The van der Waals surface area contributed by atoms with Gasteiger partial charge in [-0.2, -0.15) is 0 Å². The van der Waals surface area contributed by atoms with Gasteiger partial charge in [-0.05, 0) is 37.3 Å². The average molecular weight is 447 g/mol. The van der Waals surface area contributed by atoms with Crippen LogP contribution in [0.4, 0.5) is 4.79 Å². The summed E-state index contributed by atoms with van der Waals surface area (Å²) in [5.74, 6) is -3.38. The molecule has 1 aromatic heterocycles. The number of primary amides is 1. The SMILES string of the molecule is CC(C)CC(OC(N)=O)C(=O)NC(C[C@@H]1CCNC1=O)C(=O)C(=O)NCc1ccccn1. The van der Waals surface area contributed by atoms with Gasteiger partial charge in [-0.1, -0.05) is 19.9 Å². The summed E-state index contributed by atoms with van der Waals surface area (Å²) in [6, 6.07) is 3.87. The van der Waals surface area contributed by atoms with E-state index in [4.69, 9.17) is 10.5 Å². The maximum atomic E-state index is 12.9. The predicted molar refractivity (Wildman–Crippen MR) is 113 cm³/mol. The van der Waals surface area contributed by atoms with Crippen molar-refractivity contribution in [3.63, 3.8) is 0 Å². The first-order chi connectivity index (χ1) is 15.2. The zero-order valence-corrected chi connectivity index (χ0v) is 18.1. The van der Waals surface area contributed by atoms with Gasteiger partial charge in [0.2, 0.25) is 11.7 Å². The number of rotatable bonds is 11. The number of pyridine rings is 1. The Hall–Kier alpha value is -3.50. The summed E-state index contributed by atoms with van der Waals surface area (Å²) >= 11 is 0. The average Bonchev–Trinajstić information content (AvgIpc) is 3.14. The number of Topliss-reactive ketones (excluding diaryl/α,β-unsaturated/α-hetero) is 1. The molecule has 0 bridgehead atoms. The van der Waals surface area contributed by atoms with Gasteiger partial charge in [0.05, 0.1) is 18.3 Å². The molecule has 2 heterocycles. The van der Waals surface area contributed by atoms with Crippen molar-refractivity contribution in [1.82, 2.24) is 20.9 Å². The third kappa shape index (κ3) is 7.64. The molecule has 174 valence electrons. The number of amides is 4. The van der Waals surface area contributed by atoms with Gasteiger partial charge in [-0.15, -0.1) is 0 Å². The molecule has 3 atom stereocenters. The molecule has 1 aromatic rings. The summed E-state index contributed by atoms with van der Waals surface area (Å²) in [4.78, 5) is 65.3. The van der Waals surface area contributed by atoms with Crippen LogP contribution in [-0.4, -0.2) is 53.3 Å². The van der Waals surface area contributed by atoms with E-state index in [0.717, 1.165) is 0 Å². The number of nitrogens with two attached hydrogens (primary N) is 1. The highest BCUT2D eigenvalue weighted by Crippen LogP contribution is 2.18. The highest BCUT2D eigenvalue weighted by Gasteiger charge is 2.36. The Labute approximate surface area is 185 Å². The quantitative estimate of drug-likeness (QED) is 0.340. The maximum Gasteiger partial charge on any atom is 0.405 e. The molecule has 4 amide bonds. The lowest BCUT2D eigenvalue weighted by atomic mass is 9.95. The minimum Gasteiger partial charge on any atom is -0.436 e. The zero-order chi connectivity index (χ0) is 23.7. The van der Waals surface area contributed by atoms with Crippen LogP contribution < -0.4 is 21.7 Å². The Morgan fingerprint density at radius 2 is 2.03 bits per heavy atom. The summed E-state index contributed by atoms with van der Waals surface area (Å²) < 4.78 is 4.89. The largest absolute Gasteiger partial charge is 0.436 e. The van der Waals surface area contributed by atoms with Crippen LogP contribution in [0, 0.1) is 11.8 Å². The van der Waals surface area contributed by atoms with E-state index in [1.54, 1.807) is 24.4 Å². The molecule has 2 unspecified atom stereocenters. The van der Waals surface area contributed by atoms with Gasteiger partial charge in [-0.25, -0.2) is 4.79 Å². The topological polar surface area (TPSA) is 170 Å². The molecule has 1 aliphatic heterocycles. The summed E-state index contributed by atoms with van der Waals surface area (Å²) in [7, 11) is 0. The van der Waals surface area contributed by atoms with Crippen molar-refractivity contribution in [2.45, 2.75) is 51.8 Å². The maximum absolute atomic E-state index is 12.9. The molecule has 0 aromatic carbocycles. The highest BCUT2D eigenvalue weighted by atomic mass is 16.6. The standard InChI is InChI=1S/C21H29N5O6/c1-12(2)9-16(32-21(22)31)19(29)26-15(10-13-6-8-24-18(13)28)17(27)20(30)25-11-14-5-3-4-7-23-14/h3-5,7,12-13,15-16H,6,8-11H2,1-2H3,(H2,22,31)(H,24,28)(H,25,30)(H,26,29)/t13-,15?,16?/m0/s1. The van der Waals surface area contributed by atoms with Crippen molar-refractivity contribution >= 4 is 29.6 Å². The second-order valence-electron chi connectivity index (χ2n) is 8.00. The smallest absolute Gasteiger partial charge is 0.405 e. The monoisotopic (exact) mass is 447 g/mol. The Morgan fingerprint density at radius 3 is 2.59 bits per heavy atom. The van der Waals surface area contributed by atoms with Crippen LogP contribution in [0.5, 0.6) is 0 Å². The summed E-state index contributed by atoms with van der Waals surface area (Å²) in [6.07, 6.45) is -0.210. The van der Waals surface area contributed by atoms with Gasteiger partial charge < -0.3 is 26.4 Å². The van der Waals surface area contributed by atoms with Gasteiger partial charge >= 0.3 is 6.09 Å². The van der Waals surface area contributed by atoms with Crippen LogP contribution in [0.15, 0.2) is 24.4 Å². The number of ketones is 1. The molecule has 0 aliphatic carbocycles. The van der Waals surface area contributed by atoms with E-state index in [-0.39, 0.29) is 31.2 Å². The van der Waals surface area contributed by atoms with E-state index in [0.29, 0.717) is 18.7 Å². The van der Waals surface area contributed by atoms with Gasteiger partial charge in [-0.3, -0.25) is 24.2 Å².